The molecule has 3 unspecified atom stereocenters. The Morgan fingerprint density at radius 2 is 1.38 bits per heavy atom. The van der Waals surface area contributed by atoms with Crippen LogP contribution in [0.1, 0.15) is 132 Å². The van der Waals surface area contributed by atoms with Crippen LogP contribution in [0.25, 0.3) is 0 Å². The number of ether oxygens (including phenoxy) is 2. The number of aliphatic hydroxyl groups is 6. The first kappa shape index (κ1) is 39.3. The molecule has 6 rings (SSSR count). The fourth-order valence-corrected chi connectivity index (χ4v) is 14.6. The van der Waals surface area contributed by atoms with Gasteiger partial charge < -0.3 is 45.8 Å². The summed E-state index contributed by atoms with van der Waals surface area (Å²) in [5.74, 6) is 4.12. The molecule has 18 atom stereocenters. The zero-order valence-corrected chi connectivity index (χ0v) is 32.3. The third kappa shape index (κ3) is 6.17. The molecule has 50 heavy (non-hydrogen) atoms. The second kappa shape index (κ2) is 14.1. The number of nitrogens with two attached hydrogens (primary N) is 1. The van der Waals surface area contributed by atoms with Crippen LogP contribution in [0.3, 0.4) is 0 Å². The zero-order valence-electron chi connectivity index (χ0n) is 32.3. The van der Waals surface area contributed by atoms with Gasteiger partial charge in [-0.25, -0.2) is 0 Å². The highest BCUT2D eigenvalue weighted by Gasteiger charge is 2.70. The van der Waals surface area contributed by atoms with Gasteiger partial charge in [0.2, 0.25) is 0 Å². The Hall–Kier alpha value is -0.360. The molecule has 0 radical (unpaired) electrons. The largest absolute Gasteiger partial charge is 0.394 e. The minimum absolute atomic E-state index is 0.343. The zero-order chi connectivity index (χ0) is 36.6. The van der Waals surface area contributed by atoms with Crippen molar-refractivity contribution in [2.24, 2.45) is 68.3 Å². The summed E-state index contributed by atoms with van der Waals surface area (Å²) in [6.07, 6.45) is 7.10. The average molecular weight is 708 g/mol. The molecule has 6 aliphatic rings. The summed E-state index contributed by atoms with van der Waals surface area (Å²) >= 11 is 0. The summed E-state index contributed by atoms with van der Waals surface area (Å²) in [5, 5.41) is 62.0. The van der Waals surface area contributed by atoms with Crippen LogP contribution in [0, 0.1) is 62.6 Å². The summed E-state index contributed by atoms with van der Waals surface area (Å²) in [6, 6.07) is -1.10. The SMILES string of the molecule is C[C@H](CCC(O)C(O)C(O)CO[C@@H]1O[C@H](CO)[C@@H](O)[C@H](O)[C@H]1N)[C@H]1CC[C@]2(C)[C@H]3CC[C@@H]4[C@@]5(C)CCCC(C)(C)[C@@H]5CC[C@@]4(C)[C@]3(C)CC[C@@H]12. The van der Waals surface area contributed by atoms with Gasteiger partial charge in [-0.15, -0.1) is 0 Å². The van der Waals surface area contributed by atoms with E-state index in [4.69, 9.17) is 15.2 Å². The summed E-state index contributed by atoms with van der Waals surface area (Å²) in [4.78, 5) is 0. The van der Waals surface area contributed by atoms with Gasteiger partial charge in [-0.2, -0.15) is 0 Å². The maximum Gasteiger partial charge on any atom is 0.175 e. The van der Waals surface area contributed by atoms with Gasteiger partial charge in [0.05, 0.1) is 25.4 Å². The summed E-state index contributed by atoms with van der Waals surface area (Å²) in [7, 11) is 0. The van der Waals surface area contributed by atoms with E-state index in [0.29, 0.717) is 51.2 Å². The minimum Gasteiger partial charge on any atom is -0.394 e. The monoisotopic (exact) mass is 708 g/mol. The van der Waals surface area contributed by atoms with Gasteiger partial charge in [-0.05, 0) is 140 Å². The van der Waals surface area contributed by atoms with E-state index in [0.717, 1.165) is 24.2 Å². The van der Waals surface area contributed by atoms with Gasteiger partial charge in [-0.1, -0.05) is 54.9 Å². The topological polar surface area (TPSA) is 166 Å². The first-order valence-electron chi connectivity index (χ1n) is 20.4. The fourth-order valence-electron chi connectivity index (χ4n) is 14.6. The van der Waals surface area contributed by atoms with Crippen LogP contribution in [0.5, 0.6) is 0 Å². The highest BCUT2D eigenvalue weighted by Crippen LogP contribution is 2.78. The van der Waals surface area contributed by atoms with Crippen LogP contribution >= 0.6 is 0 Å². The van der Waals surface area contributed by atoms with Crippen LogP contribution in [-0.4, -0.2) is 92.8 Å². The van der Waals surface area contributed by atoms with E-state index >= 15 is 0 Å². The van der Waals surface area contributed by atoms with Crippen molar-refractivity contribution in [1.29, 1.82) is 0 Å². The molecule has 5 aliphatic carbocycles. The molecule has 0 aromatic carbocycles. The van der Waals surface area contributed by atoms with Gasteiger partial charge in [0.1, 0.15) is 30.5 Å². The lowest BCUT2D eigenvalue weighted by Crippen LogP contribution is -2.65. The number of hydrogen-bond donors (Lipinski definition) is 7. The molecule has 0 spiro atoms. The highest BCUT2D eigenvalue weighted by atomic mass is 16.7. The van der Waals surface area contributed by atoms with Gasteiger partial charge in [0, 0.05) is 0 Å². The number of aliphatic hydroxyl groups excluding tert-OH is 6. The normalized spacial score (nSPS) is 51.0. The molecule has 1 saturated heterocycles. The number of rotatable bonds is 10. The molecule has 0 bridgehead atoms. The van der Waals surface area contributed by atoms with E-state index in [-0.39, 0.29) is 6.61 Å². The Kier molecular flexibility index (Phi) is 11.1. The van der Waals surface area contributed by atoms with Crippen molar-refractivity contribution < 1.29 is 40.1 Å². The van der Waals surface area contributed by atoms with Gasteiger partial charge >= 0.3 is 0 Å². The van der Waals surface area contributed by atoms with Crippen molar-refractivity contribution in [3.63, 3.8) is 0 Å². The quantitative estimate of drug-likeness (QED) is 0.170. The van der Waals surface area contributed by atoms with Gasteiger partial charge in [0.15, 0.2) is 6.29 Å². The predicted molar refractivity (Wildman–Crippen MR) is 193 cm³/mol. The van der Waals surface area contributed by atoms with Crippen molar-refractivity contribution in [2.75, 3.05) is 13.2 Å². The third-order valence-corrected chi connectivity index (χ3v) is 17.6. The van der Waals surface area contributed by atoms with E-state index in [9.17, 15) is 30.6 Å². The molecule has 9 nitrogen and oxygen atoms in total. The van der Waals surface area contributed by atoms with Crippen molar-refractivity contribution in [3.8, 4) is 0 Å². The van der Waals surface area contributed by atoms with Crippen molar-refractivity contribution >= 4 is 0 Å². The van der Waals surface area contributed by atoms with Crippen molar-refractivity contribution in [1.82, 2.24) is 0 Å². The Morgan fingerprint density at radius 3 is 2.04 bits per heavy atom. The minimum atomic E-state index is -1.42. The Bertz CT molecular complexity index is 1190. The lowest BCUT2D eigenvalue weighted by Gasteiger charge is -2.73. The van der Waals surface area contributed by atoms with E-state index in [1.165, 1.54) is 70.6 Å². The maximum atomic E-state index is 10.9. The lowest BCUT2D eigenvalue weighted by molar-refractivity contribution is -0.273. The van der Waals surface area contributed by atoms with Crippen LogP contribution in [0.15, 0.2) is 0 Å². The summed E-state index contributed by atoms with van der Waals surface area (Å²) < 4.78 is 11.0. The molecule has 0 amide bonds. The summed E-state index contributed by atoms with van der Waals surface area (Å²) in [6.45, 7) is 17.3. The van der Waals surface area contributed by atoms with Crippen LogP contribution < -0.4 is 5.73 Å². The molecule has 1 aliphatic heterocycles. The Labute approximate surface area is 302 Å². The molecule has 1 heterocycles. The van der Waals surface area contributed by atoms with Crippen molar-refractivity contribution in [3.05, 3.63) is 0 Å². The van der Waals surface area contributed by atoms with E-state index in [1.54, 1.807) is 0 Å². The molecule has 5 saturated carbocycles. The average Bonchev–Trinajstić information content (AvgIpc) is 3.42. The van der Waals surface area contributed by atoms with E-state index < -0.39 is 55.6 Å². The Balaban J connectivity index is 1.05. The lowest BCUT2D eigenvalue weighted by atomic mass is 9.32. The molecular weight excluding hydrogens is 634 g/mol. The Morgan fingerprint density at radius 1 is 0.740 bits per heavy atom. The smallest absolute Gasteiger partial charge is 0.175 e. The van der Waals surface area contributed by atoms with Crippen LogP contribution in [0.4, 0.5) is 0 Å². The van der Waals surface area contributed by atoms with Crippen LogP contribution in [0.2, 0.25) is 0 Å². The van der Waals surface area contributed by atoms with Crippen LogP contribution in [-0.2, 0) is 9.47 Å². The summed E-state index contributed by atoms with van der Waals surface area (Å²) in [5.41, 5.74) is 7.96. The maximum absolute atomic E-state index is 10.9. The number of hydrogen-bond acceptors (Lipinski definition) is 9. The fraction of sp³-hybridized carbons (Fsp3) is 1.00. The van der Waals surface area contributed by atoms with Gasteiger partial charge in [-0.3, -0.25) is 0 Å². The second-order valence-electron chi connectivity index (χ2n) is 20.1. The molecular formula is C41H73NO8. The first-order valence-corrected chi connectivity index (χ1v) is 20.4. The standard InChI is InChI=1S/C41H73NO8/c1-23(9-10-26(44)33(46)27(45)22-49-36-32(42)35(48)34(47)28(21-43)50-36)24-13-18-38(4)25(24)14-19-40(6)30(38)11-12-31-39(5)17-8-16-37(2,3)29(39)15-20-41(31,40)7/h23-36,43-48H,8-22,42H2,1-7H3/t23-,24-,25+,26?,27?,28-,29+,30-,31-,32-,33?,34-,35-,36-,38+,39+,40-,41-/m1/s1. The van der Waals surface area contributed by atoms with Crippen molar-refractivity contribution in [2.45, 2.75) is 181 Å². The molecule has 0 aromatic rings. The highest BCUT2D eigenvalue weighted by molar-refractivity contribution is 5.19. The number of fused-ring (bicyclic) bond motifs is 7. The van der Waals surface area contributed by atoms with E-state index in [2.05, 4.69) is 48.5 Å². The first-order chi connectivity index (χ1) is 23.4. The molecule has 0 aromatic heterocycles. The molecule has 8 N–H and O–H groups in total. The van der Waals surface area contributed by atoms with Gasteiger partial charge in [0.25, 0.3) is 0 Å². The van der Waals surface area contributed by atoms with E-state index in [1.807, 2.05) is 0 Å². The molecule has 6 fully saturated rings. The molecule has 290 valence electrons. The predicted octanol–water partition coefficient (Wildman–Crippen LogP) is 4.76. The second-order valence-corrected chi connectivity index (χ2v) is 20.1. The molecule has 9 heteroatoms. The third-order valence-electron chi connectivity index (χ3n) is 17.6.